The van der Waals surface area contributed by atoms with Crippen molar-refractivity contribution < 1.29 is 8.42 Å². The Morgan fingerprint density at radius 1 is 1.24 bits per heavy atom. The Bertz CT molecular complexity index is 540. The molecule has 118 valence electrons. The fourth-order valence-electron chi connectivity index (χ4n) is 2.72. The van der Waals surface area contributed by atoms with Crippen molar-refractivity contribution in [3.05, 3.63) is 35.4 Å². The summed E-state index contributed by atoms with van der Waals surface area (Å²) in [6, 6.07) is 8.26. The van der Waals surface area contributed by atoms with E-state index >= 15 is 0 Å². The van der Waals surface area contributed by atoms with Gasteiger partial charge in [-0.05, 0) is 24.0 Å². The van der Waals surface area contributed by atoms with Crippen LogP contribution in [0.25, 0.3) is 0 Å². The van der Waals surface area contributed by atoms with Crippen molar-refractivity contribution in [3.8, 4) is 0 Å². The molecule has 0 aliphatic carbocycles. The minimum Gasteiger partial charge on any atom is -0.313 e. The molecule has 5 heteroatoms. The fourth-order valence-corrected chi connectivity index (χ4v) is 4.56. The number of rotatable bonds is 6. The number of hydrogen-bond donors (Lipinski definition) is 1. The van der Waals surface area contributed by atoms with E-state index in [9.17, 15) is 8.42 Å². The van der Waals surface area contributed by atoms with Gasteiger partial charge in [-0.2, -0.15) is 4.31 Å². The van der Waals surface area contributed by atoms with Gasteiger partial charge < -0.3 is 5.32 Å². The normalized spacial score (nSPS) is 20.6. The third-order valence-corrected chi connectivity index (χ3v) is 6.04. The van der Waals surface area contributed by atoms with E-state index in [1.165, 1.54) is 5.56 Å². The van der Waals surface area contributed by atoms with E-state index in [4.69, 9.17) is 0 Å². The highest BCUT2D eigenvalue weighted by Crippen LogP contribution is 2.26. The zero-order chi connectivity index (χ0) is 15.3. The molecule has 1 saturated heterocycles. The Kier molecular flexibility index (Phi) is 5.79. The van der Waals surface area contributed by atoms with E-state index in [0.29, 0.717) is 13.1 Å². The van der Waals surface area contributed by atoms with Crippen molar-refractivity contribution in [2.75, 3.05) is 25.4 Å². The van der Waals surface area contributed by atoms with E-state index in [2.05, 4.69) is 36.5 Å². The molecular weight excluding hydrogens is 284 g/mol. The minimum absolute atomic E-state index is 0.0773. The van der Waals surface area contributed by atoms with Crippen LogP contribution in [0.4, 0.5) is 0 Å². The van der Waals surface area contributed by atoms with Crippen LogP contribution >= 0.6 is 0 Å². The van der Waals surface area contributed by atoms with E-state index in [0.717, 1.165) is 31.4 Å². The Morgan fingerprint density at radius 3 is 2.57 bits per heavy atom. The second-order valence-corrected chi connectivity index (χ2v) is 7.64. The lowest BCUT2D eigenvalue weighted by Crippen LogP contribution is -2.49. The number of hydrogen-bond acceptors (Lipinski definition) is 3. The van der Waals surface area contributed by atoms with Gasteiger partial charge in [0.2, 0.25) is 10.0 Å². The summed E-state index contributed by atoms with van der Waals surface area (Å²) in [5.41, 5.74) is 2.36. The molecule has 1 atom stereocenters. The summed E-state index contributed by atoms with van der Waals surface area (Å²) < 4.78 is 26.8. The molecule has 21 heavy (non-hydrogen) atoms. The lowest BCUT2D eigenvalue weighted by Gasteiger charge is -2.35. The van der Waals surface area contributed by atoms with Gasteiger partial charge in [0.05, 0.1) is 11.8 Å². The van der Waals surface area contributed by atoms with Crippen LogP contribution < -0.4 is 5.32 Å². The van der Waals surface area contributed by atoms with E-state index < -0.39 is 10.0 Å². The lowest BCUT2D eigenvalue weighted by molar-refractivity contribution is 0.271. The first-order valence-electron chi connectivity index (χ1n) is 7.87. The van der Waals surface area contributed by atoms with Crippen LogP contribution in [0.1, 0.15) is 43.9 Å². The Labute approximate surface area is 128 Å². The highest BCUT2D eigenvalue weighted by Gasteiger charge is 2.32. The molecule has 1 aromatic carbocycles. The average molecular weight is 310 g/mol. The fraction of sp³-hybridized carbons (Fsp3) is 0.625. The standard InChI is InChI=1S/C16H26N2O2S/c1-3-5-12-21(19,20)18-11-10-17-13-16(18)15-8-6-14(4-2)7-9-15/h6-9,16-17H,3-5,10-13H2,1-2H3. The quantitative estimate of drug-likeness (QED) is 0.877. The molecule has 1 aromatic rings. The van der Waals surface area contributed by atoms with E-state index in [1.807, 2.05) is 6.92 Å². The molecule has 1 heterocycles. The maximum absolute atomic E-state index is 12.5. The number of nitrogens with zero attached hydrogens (tertiary/aromatic N) is 1. The molecule has 2 rings (SSSR count). The van der Waals surface area contributed by atoms with Gasteiger partial charge in [0.1, 0.15) is 0 Å². The molecule has 1 aliphatic heterocycles. The van der Waals surface area contributed by atoms with Crippen LogP contribution in [0, 0.1) is 0 Å². The molecule has 4 nitrogen and oxygen atoms in total. The molecule has 1 aliphatic rings. The van der Waals surface area contributed by atoms with Crippen molar-refractivity contribution in [3.63, 3.8) is 0 Å². The molecule has 1 unspecified atom stereocenters. The Hall–Kier alpha value is -0.910. The Morgan fingerprint density at radius 2 is 1.95 bits per heavy atom. The first-order valence-corrected chi connectivity index (χ1v) is 9.48. The summed E-state index contributed by atoms with van der Waals surface area (Å²) in [7, 11) is -3.17. The van der Waals surface area contributed by atoms with Gasteiger partial charge in [-0.15, -0.1) is 0 Å². The van der Waals surface area contributed by atoms with Crippen molar-refractivity contribution >= 4 is 10.0 Å². The van der Waals surface area contributed by atoms with Gasteiger partial charge in [-0.1, -0.05) is 44.5 Å². The highest BCUT2D eigenvalue weighted by molar-refractivity contribution is 7.89. The van der Waals surface area contributed by atoms with Gasteiger partial charge in [0, 0.05) is 19.6 Å². The molecule has 1 N–H and O–H groups in total. The summed E-state index contributed by atoms with van der Waals surface area (Å²) in [6.07, 6.45) is 2.64. The zero-order valence-corrected chi connectivity index (χ0v) is 13.8. The summed E-state index contributed by atoms with van der Waals surface area (Å²) in [5, 5.41) is 3.31. The zero-order valence-electron chi connectivity index (χ0n) is 13.0. The first kappa shape index (κ1) is 16.5. The lowest BCUT2D eigenvalue weighted by atomic mass is 10.0. The second-order valence-electron chi connectivity index (χ2n) is 5.60. The summed E-state index contributed by atoms with van der Waals surface area (Å²) >= 11 is 0. The third kappa shape index (κ3) is 4.05. The third-order valence-electron chi connectivity index (χ3n) is 4.08. The highest BCUT2D eigenvalue weighted by atomic mass is 32.2. The van der Waals surface area contributed by atoms with Gasteiger partial charge in [-0.3, -0.25) is 0 Å². The summed E-state index contributed by atoms with van der Waals surface area (Å²) in [4.78, 5) is 0. The first-order chi connectivity index (χ1) is 10.1. The maximum Gasteiger partial charge on any atom is 0.214 e. The van der Waals surface area contributed by atoms with Crippen LogP contribution in [-0.2, 0) is 16.4 Å². The second kappa shape index (κ2) is 7.38. The molecule has 0 aromatic heterocycles. The number of nitrogens with one attached hydrogen (secondary N) is 1. The maximum atomic E-state index is 12.5. The van der Waals surface area contributed by atoms with Crippen LogP contribution in [0.3, 0.4) is 0 Å². The molecule has 0 amide bonds. The summed E-state index contributed by atoms with van der Waals surface area (Å²) in [5.74, 6) is 0.257. The number of sulfonamides is 1. The van der Waals surface area contributed by atoms with Crippen LogP contribution in [0.2, 0.25) is 0 Å². The number of aryl methyl sites for hydroxylation is 1. The smallest absolute Gasteiger partial charge is 0.214 e. The molecular formula is C16H26N2O2S. The minimum atomic E-state index is -3.17. The molecule has 0 radical (unpaired) electrons. The predicted octanol–water partition coefficient (Wildman–Crippen LogP) is 2.33. The van der Waals surface area contributed by atoms with E-state index in [-0.39, 0.29) is 11.8 Å². The predicted molar refractivity (Wildman–Crippen MR) is 86.8 cm³/mol. The van der Waals surface area contributed by atoms with Crippen LogP contribution in [-0.4, -0.2) is 38.1 Å². The topological polar surface area (TPSA) is 49.4 Å². The van der Waals surface area contributed by atoms with Crippen LogP contribution in [0.15, 0.2) is 24.3 Å². The van der Waals surface area contributed by atoms with Crippen molar-refractivity contribution in [1.82, 2.24) is 9.62 Å². The van der Waals surface area contributed by atoms with E-state index in [1.54, 1.807) is 4.31 Å². The van der Waals surface area contributed by atoms with Gasteiger partial charge in [0.25, 0.3) is 0 Å². The van der Waals surface area contributed by atoms with Gasteiger partial charge >= 0.3 is 0 Å². The largest absolute Gasteiger partial charge is 0.313 e. The van der Waals surface area contributed by atoms with Gasteiger partial charge in [0.15, 0.2) is 0 Å². The van der Waals surface area contributed by atoms with Crippen LogP contribution in [0.5, 0.6) is 0 Å². The SMILES string of the molecule is CCCCS(=O)(=O)N1CCNCC1c1ccc(CC)cc1. The number of benzene rings is 1. The number of piperazine rings is 1. The van der Waals surface area contributed by atoms with Crippen molar-refractivity contribution in [1.29, 1.82) is 0 Å². The monoisotopic (exact) mass is 310 g/mol. The molecule has 0 spiro atoms. The molecule has 1 fully saturated rings. The average Bonchev–Trinajstić information content (AvgIpc) is 2.53. The van der Waals surface area contributed by atoms with Gasteiger partial charge in [-0.25, -0.2) is 8.42 Å². The number of unbranched alkanes of at least 4 members (excludes halogenated alkanes) is 1. The Balaban J connectivity index is 2.21. The van der Waals surface area contributed by atoms with Crippen molar-refractivity contribution in [2.45, 2.75) is 39.2 Å². The van der Waals surface area contributed by atoms with Crippen molar-refractivity contribution in [2.24, 2.45) is 0 Å². The summed E-state index contributed by atoms with van der Waals surface area (Å²) in [6.45, 7) is 6.13. The molecule has 0 saturated carbocycles. The molecule has 0 bridgehead atoms.